The van der Waals surface area contributed by atoms with Gasteiger partial charge in [0.15, 0.2) is 0 Å². The van der Waals surface area contributed by atoms with E-state index < -0.39 is 0 Å². The minimum atomic E-state index is -0.269. The van der Waals surface area contributed by atoms with E-state index in [4.69, 9.17) is 4.99 Å². The highest BCUT2D eigenvalue weighted by molar-refractivity contribution is 7.26. The summed E-state index contributed by atoms with van der Waals surface area (Å²) >= 11 is 1.88. The van der Waals surface area contributed by atoms with Crippen molar-refractivity contribution >= 4 is 59.0 Å². The van der Waals surface area contributed by atoms with Crippen molar-refractivity contribution in [2.45, 2.75) is 6.29 Å². The lowest BCUT2D eigenvalue weighted by Gasteiger charge is -2.22. The normalized spacial score (nSPS) is 14.8. The Morgan fingerprint density at radius 2 is 1.20 bits per heavy atom. The minimum Gasteiger partial charge on any atom is -0.353 e. The molecule has 208 valence electrons. The summed E-state index contributed by atoms with van der Waals surface area (Å²) in [5.74, 6) is 0. The second-order valence-corrected chi connectivity index (χ2v) is 12.3. The summed E-state index contributed by atoms with van der Waals surface area (Å²) in [4.78, 5) is 5.20. The molecule has 0 fully saturated rings. The van der Waals surface area contributed by atoms with Crippen LogP contribution in [-0.2, 0) is 0 Å². The number of hydrogen-bond donors (Lipinski definition) is 1. The maximum atomic E-state index is 5.20. The first-order chi connectivity index (χ1) is 21.8. The molecule has 4 heteroatoms. The molecule has 0 saturated heterocycles. The van der Waals surface area contributed by atoms with E-state index >= 15 is 0 Å². The van der Waals surface area contributed by atoms with E-state index in [0.717, 1.165) is 22.3 Å². The SMILES string of the molecule is C1=CC(c2ccccc2)=NC(n2c3ccc(-c4ccccc4)cc3c3cc(-c4cccc5c4sc4ccccc45)ccc32)N1. The third-order valence-electron chi connectivity index (χ3n) is 8.69. The molecule has 1 atom stereocenters. The van der Waals surface area contributed by atoms with Gasteiger partial charge in [0.05, 0.1) is 16.7 Å². The van der Waals surface area contributed by atoms with Crippen molar-refractivity contribution in [2.24, 2.45) is 4.99 Å². The van der Waals surface area contributed by atoms with Gasteiger partial charge < -0.3 is 9.88 Å². The van der Waals surface area contributed by atoms with Gasteiger partial charge in [-0.25, -0.2) is 4.99 Å². The van der Waals surface area contributed by atoms with Crippen LogP contribution in [0.15, 0.2) is 157 Å². The first kappa shape index (κ1) is 25.1. The standard InChI is InChI=1S/C40H27N3S/c1-3-10-26(11-4-1)28-18-20-36-33(24-28)34-25-29(30-15-9-16-32-31-14-7-8-17-38(31)44-39(30)32)19-21-37(34)43(36)40-41-23-22-35(42-40)27-12-5-2-6-13-27/h1-25,40-41H. The van der Waals surface area contributed by atoms with E-state index in [1.807, 2.05) is 23.6 Å². The fourth-order valence-electron chi connectivity index (χ4n) is 6.61. The Hall–Kier alpha value is -5.45. The molecular formula is C40H27N3S. The number of aliphatic imine (C=N–C) groups is 1. The zero-order chi connectivity index (χ0) is 29.0. The number of nitrogens with zero attached hydrogens (tertiary/aromatic N) is 2. The van der Waals surface area contributed by atoms with Crippen molar-refractivity contribution in [3.8, 4) is 22.3 Å². The van der Waals surface area contributed by atoms with Crippen LogP contribution in [0.3, 0.4) is 0 Å². The Labute approximate surface area is 259 Å². The molecule has 0 amide bonds. The van der Waals surface area contributed by atoms with E-state index in [0.29, 0.717) is 0 Å². The van der Waals surface area contributed by atoms with Crippen molar-refractivity contribution in [3.05, 3.63) is 157 Å². The number of aromatic nitrogens is 1. The van der Waals surface area contributed by atoms with E-state index in [2.05, 4.69) is 149 Å². The lowest BCUT2D eigenvalue weighted by Crippen LogP contribution is -2.25. The topological polar surface area (TPSA) is 29.3 Å². The Balaban J connectivity index is 1.28. The molecule has 0 spiro atoms. The highest BCUT2D eigenvalue weighted by Gasteiger charge is 2.21. The molecule has 1 aliphatic heterocycles. The molecule has 3 heterocycles. The number of rotatable bonds is 4. The molecule has 6 aromatic carbocycles. The molecule has 44 heavy (non-hydrogen) atoms. The summed E-state index contributed by atoms with van der Waals surface area (Å²) < 4.78 is 5.00. The van der Waals surface area contributed by atoms with Crippen molar-refractivity contribution < 1.29 is 0 Å². The second kappa shape index (κ2) is 10.1. The minimum absolute atomic E-state index is 0.269. The van der Waals surface area contributed by atoms with Crippen LogP contribution in [0.5, 0.6) is 0 Å². The van der Waals surface area contributed by atoms with Gasteiger partial charge in [0.1, 0.15) is 0 Å². The number of fused-ring (bicyclic) bond motifs is 6. The van der Waals surface area contributed by atoms with Gasteiger partial charge in [-0.1, -0.05) is 109 Å². The summed E-state index contributed by atoms with van der Waals surface area (Å²) in [5, 5.41) is 8.62. The molecule has 2 aromatic heterocycles. The quantitative estimate of drug-likeness (QED) is 0.220. The van der Waals surface area contributed by atoms with Crippen LogP contribution >= 0.6 is 11.3 Å². The first-order valence-corrected chi connectivity index (χ1v) is 15.7. The highest BCUT2D eigenvalue weighted by Crippen LogP contribution is 2.42. The van der Waals surface area contributed by atoms with Crippen LogP contribution in [-0.4, -0.2) is 10.3 Å². The molecule has 1 N–H and O–H groups in total. The van der Waals surface area contributed by atoms with Crippen LogP contribution in [0.2, 0.25) is 0 Å². The van der Waals surface area contributed by atoms with Gasteiger partial charge in [0, 0.05) is 37.1 Å². The molecule has 8 aromatic rings. The molecular weight excluding hydrogens is 555 g/mol. The first-order valence-electron chi connectivity index (χ1n) is 14.9. The zero-order valence-corrected chi connectivity index (χ0v) is 24.6. The number of benzene rings is 6. The fraction of sp³-hybridized carbons (Fsp3) is 0.0250. The summed E-state index contributed by atoms with van der Waals surface area (Å²) in [6, 6.07) is 50.2. The Morgan fingerprint density at radius 3 is 2.00 bits per heavy atom. The summed E-state index contributed by atoms with van der Waals surface area (Å²) in [7, 11) is 0. The predicted molar refractivity (Wildman–Crippen MR) is 187 cm³/mol. The summed E-state index contributed by atoms with van der Waals surface area (Å²) in [6.45, 7) is 0. The molecule has 0 bridgehead atoms. The number of thiophene rings is 1. The molecule has 0 radical (unpaired) electrons. The van der Waals surface area contributed by atoms with Crippen molar-refractivity contribution in [2.75, 3.05) is 0 Å². The smallest absolute Gasteiger partial charge is 0.201 e. The summed E-state index contributed by atoms with van der Waals surface area (Å²) in [5.41, 5.74) is 9.31. The monoisotopic (exact) mass is 581 g/mol. The van der Waals surface area contributed by atoms with Gasteiger partial charge in [0.25, 0.3) is 0 Å². The van der Waals surface area contributed by atoms with Crippen LogP contribution in [0, 0.1) is 0 Å². The van der Waals surface area contributed by atoms with Crippen LogP contribution < -0.4 is 5.32 Å². The van der Waals surface area contributed by atoms with Gasteiger partial charge in [-0.15, -0.1) is 11.3 Å². The van der Waals surface area contributed by atoms with Crippen molar-refractivity contribution in [1.29, 1.82) is 0 Å². The maximum Gasteiger partial charge on any atom is 0.201 e. The van der Waals surface area contributed by atoms with E-state index in [9.17, 15) is 0 Å². The van der Waals surface area contributed by atoms with Gasteiger partial charge in [0.2, 0.25) is 6.29 Å². The number of nitrogens with one attached hydrogen (secondary N) is 1. The molecule has 1 unspecified atom stereocenters. The lowest BCUT2D eigenvalue weighted by atomic mass is 9.99. The Morgan fingerprint density at radius 1 is 0.545 bits per heavy atom. The molecule has 9 rings (SSSR count). The highest BCUT2D eigenvalue weighted by atomic mass is 32.1. The summed E-state index contributed by atoms with van der Waals surface area (Å²) in [6.07, 6.45) is 3.80. The van der Waals surface area contributed by atoms with E-state index in [1.54, 1.807) is 0 Å². The van der Waals surface area contributed by atoms with Gasteiger partial charge in [-0.2, -0.15) is 0 Å². The lowest BCUT2D eigenvalue weighted by molar-refractivity contribution is 0.499. The Bertz CT molecular complexity index is 2410. The third kappa shape index (κ3) is 3.99. The van der Waals surface area contributed by atoms with Gasteiger partial charge >= 0.3 is 0 Å². The predicted octanol–water partition coefficient (Wildman–Crippen LogP) is 10.6. The van der Waals surface area contributed by atoms with E-state index in [1.165, 1.54) is 53.2 Å². The fourth-order valence-corrected chi connectivity index (χ4v) is 7.84. The maximum absolute atomic E-state index is 5.20. The van der Waals surface area contributed by atoms with Crippen LogP contribution in [0.4, 0.5) is 0 Å². The van der Waals surface area contributed by atoms with Crippen molar-refractivity contribution in [3.63, 3.8) is 0 Å². The average Bonchev–Trinajstić information content (AvgIpc) is 3.64. The third-order valence-corrected chi connectivity index (χ3v) is 9.91. The van der Waals surface area contributed by atoms with Crippen LogP contribution in [0.25, 0.3) is 64.2 Å². The van der Waals surface area contributed by atoms with Crippen LogP contribution in [0.1, 0.15) is 11.9 Å². The number of hydrogen-bond acceptors (Lipinski definition) is 3. The molecule has 0 aliphatic carbocycles. The molecule has 0 saturated carbocycles. The van der Waals surface area contributed by atoms with Gasteiger partial charge in [-0.05, 0) is 64.2 Å². The van der Waals surface area contributed by atoms with Crippen molar-refractivity contribution in [1.82, 2.24) is 9.88 Å². The number of allylic oxidation sites excluding steroid dienone is 1. The Kier molecular flexibility index (Phi) is 5.75. The molecule has 3 nitrogen and oxygen atoms in total. The van der Waals surface area contributed by atoms with Gasteiger partial charge in [-0.3, -0.25) is 0 Å². The average molecular weight is 582 g/mol. The van der Waals surface area contributed by atoms with E-state index in [-0.39, 0.29) is 6.29 Å². The second-order valence-electron chi connectivity index (χ2n) is 11.2. The zero-order valence-electron chi connectivity index (χ0n) is 23.8. The molecule has 1 aliphatic rings. The largest absolute Gasteiger partial charge is 0.353 e.